The van der Waals surface area contributed by atoms with E-state index in [1.54, 1.807) is 27.7 Å². The number of ether oxygens (including phenoxy) is 1. The van der Waals surface area contributed by atoms with E-state index in [1.807, 2.05) is 0 Å². The van der Waals surface area contributed by atoms with Crippen LogP contribution in [-0.4, -0.2) is 93.0 Å². The smallest absolute Gasteiger partial charge is 0.353 e. The molecule has 4 heterocycles. The van der Waals surface area contributed by atoms with Gasteiger partial charge in [-0.1, -0.05) is 5.16 Å². The van der Waals surface area contributed by atoms with Crippen LogP contribution in [0.3, 0.4) is 0 Å². The number of aryl methyl sites for hydroxylation is 1. The molecular formula is C23H29N9O7S2. The Hall–Kier alpha value is -4.06. The molecular weight excluding hydrogens is 578 g/mol. The lowest BCUT2D eigenvalue weighted by Crippen LogP contribution is -2.71. The topological polar surface area (TPSA) is 217 Å². The summed E-state index contributed by atoms with van der Waals surface area (Å²) in [6.07, 6.45) is 0. The number of β-lactam (4-membered cyclic amide) rings is 1. The molecule has 2 atom stereocenters. The van der Waals surface area contributed by atoms with Crippen LogP contribution in [0.1, 0.15) is 46.1 Å². The number of nitrogens with one attached hydrogen (secondary N) is 1. The number of nitrogens with zero attached hydrogens (tertiary/aromatic N) is 7. The molecule has 0 aromatic carbocycles. The summed E-state index contributed by atoms with van der Waals surface area (Å²) in [5.74, 6) is -2.79. The summed E-state index contributed by atoms with van der Waals surface area (Å²) in [7, 11) is 0. The number of carbonyl (C=O) groups excluding carboxylic acids is 3. The fourth-order valence-corrected chi connectivity index (χ4v) is 5.66. The Labute approximate surface area is 242 Å². The number of carboxylic acid groups (broad SMARTS) is 1. The van der Waals surface area contributed by atoms with E-state index in [0.717, 1.165) is 16.2 Å². The number of thioether (sulfide) groups is 1. The number of thiazole rings is 1. The number of rotatable bonds is 9. The van der Waals surface area contributed by atoms with Crippen LogP contribution in [0.5, 0.6) is 0 Å². The van der Waals surface area contributed by atoms with E-state index in [4.69, 9.17) is 15.3 Å². The molecule has 2 aliphatic rings. The average Bonchev–Trinajstić information content (AvgIpc) is 3.48. The number of tetrazole rings is 1. The van der Waals surface area contributed by atoms with Gasteiger partial charge in [0.15, 0.2) is 16.7 Å². The van der Waals surface area contributed by atoms with E-state index in [0.29, 0.717) is 11.4 Å². The number of aromatic nitrogens is 5. The van der Waals surface area contributed by atoms with Gasteiger partial charge in [-0.3, -0.25) is 14.5 Å². The van der Waals surface area contributed by atoms with Gasteiger partial charge in [0.1, 0.15) is 28.4 Å². The first-order chi connectivity index (χ1) is 19.1. The van der Waals surface area contributed by atoms with E-state index in [2.05, 4.69) is 30.9 Å². The zero-order chi connectivity index (χ0) is 30.3. The molecule has 41 heavy (non-hydrogen) atoms. The van der Waals surface area contributed by atoms with Crippen molar-refractivity contribution < 1.29 is 33.9 Å². The molecule has 1 fully saturated rings. The van der Waals surface area contributed by atoms with E-state index >= 15 is 0 Å². The highest BCUT2D eigenvalue weighted by Gasteiger charge is 2.54. The molecule has 0 bridgehead atoms. The number of carboxylic acids is 1. The van der Waals surface area contributed by atoms with Gasteiger partial charge in [0.2, 0.25) is 5.60 Å². The third-order valence-corrected chi connectivity index (χ3v) is 7.67. The SMILES string of the molecule is Cc1nnn(CC2=C(C(=O)O)N3C(=O)[C@@H](NC(=O)C(=NOC(C)(C)C(=O)OC(C)(C)C)c4csc(N)n4)[C@H]3SC2)n1. The summed E-state index contributed by atoms with van der Waals surface area (Å²) in [6.45, 7) is 9.63. The van der Waals surface area contributed by atoms with Gasteiger partial charge in [0, 0.05) is 11.1 Å². The normalized spacial score (nSPS) is 19.4. The third kappa shape index (κ3) is 6.48. The second-order valence-electron chi connectivity index (χ2n) is 10.6. The summed E-state index contributed by atoms with van der Waals surface area (Å²) in [6, 6.07) is -1.06. The third-order valence-electron chi connectivity index (χ3n) is 5.66. The van der Waals surface area contributed by atoms with Gasteiger partial charge >= 0.3 is 11.9 Å². The number of esters is 1. The average molecular weight is 608 g/mol. The molecule has 16 nitrogen and oxygen atoms in total. The van der Waals surface area contributed by atoms with Crippen LogP contribution in [0, 0.1) is 6.92 Å². The number of anilines is 1. The standard InChI is InChI=1S/C23H29N9O7S2/c1-10-27-30-31(28-10)7-11-8-40-18-14(17(34)32(18)15(11)19(35)36)26-16(33)13(12-9-41-21(24)25-12)29-39-23(5,6)20(37)38-22(2,3)4/h9,14,18H,7-8H2,1-6H3,(H2,24,25)(H,26,33)(H,35,36)/t14-,18-/m1/s1. The van der Waals surface area contributed by atoms with Gasteiger partial charge in [0.25, 0.3) is 11.8 Å². The largest absolute Gasteiger partial charge is 0.477 e. The Morgan fingerprint density at radius 3 is 2.54 bits per heavy atom. The Kier molecular flexibility index (Phi) is 8.08. The minimum Gasteiger partial charge on any atom is -0.477 e. The van der Waals surface area contributed by atoms with E-state index in [-0.39, 0.29) is 34.5 Å². The van der Waals surface area contributed by atoms with Gasteiger partial charge in [-0.2, -0.15) is 4.80 Å². The number of nitrogens with two attached hydrogens (primary N) is 1. The summed E-state index contributed by atoms with van der Waals surface area (Å²) in [5.41, 5.74) is 3.35. The minimum absolute atomic E-state index is 0.0375. The van der Waals surface area contributed by atoms with Gasteiger partial charge in [-0.15, -0.1) is 33.3 Å². The number of hydrogen-bond donors (Lipinski definition) is 3. The van der Waals surface area contributed by atoms with Crippen LogP contribution in [0.4, 0.5) is 5.13 Å². The maximum Gasteiger partial charge on any atom is 0.353 e. The van der Waals surface area contributed by atoms with Crippen LogP contribution in [0.2, 0.25) is 0 Å². The number of fused-ring (bicyclic) bond motifs is 1. The first kappa shape index (κ1) is 29.9. The molecule has 2 amide bonds. The molecule has 0 saturated carbocycles. The predicted molar refractivity (Wildman–Crippen MR) is 146 cm³/mol. The molecule has 2 aliphatic heterocycles. The van der Waals surface area contributed by atoms with Crippen molar-refractivity contribution in [2.24, 2.45) is 5.16 Å². The number of oxime groups is 1. The quantitative estimate of drug-likeness (QED) is 0.151. The molecule has 2 aromatic rings. The van der Waals surface area contributed by atoms with Crippen molar-refractivity contribution in [3.63, 3.8) is 0 Å². The second kappa shape index (κ2) is 11.1. The van der Waals surface area contributed by atoms with E-state index in [9.17, 15) is 24.3 Å². The Bertz CT molecular complexity index is 1460. The highest BCUT2D eigenvalue weighted by molar-refractivity contribution is 8.00. The predicted octanol–water partition coefficient (Wildman–Crippen LogP) is 0.300. The molecule has 0 radical (unpaired) electrons. The number of hydrogen-bond acceptors (Lipinski definition) is 14. The van der Waals surface area contributed by atoms with Crippen molar-refractivity contribution in [2.75, 3.05) is 11.5 Å². The van der Waals surface area contributed by atoms with Crippen molar-refractivity contribution in [3.8, 4) is 0 Å². The van der Waals surface area contributed by atoms with Crippen molar-refractivity contribution >= 4 is 57.7 Å². The Morgan fingerprint density at radius 2 is 1.98 bits per heavy atom. The molecule has 4 N–H and O–H groups in total. The first-order valence-corrected chi connectivity index (χ1v) is 14.2. The fraction of sp³-hybridized carbons (Fsp3) is 0.522. The van der Waals surface area contributed by atoms with Crippen LogP contribution < -0.4 is 11.1 Å². The van der Waals surface area contributed by atoms with Crippen LogP contribution in [0.25, 0.3) is 0 Å². The lowest BCUT2D eigenvalue weighted by molar-refractivity contribution is -0.179. The molecule has 220 valence electrons. The monoisotopic (exact) mass is 607 g/mol. The molecule has 18 heteroatoms. The van der Waals surface area contributed by atoms with Gasteiger partial charge in [0.05, 0.1) is 6.54 Å². The number of nitrogen functional groups attached to an aromatic ring is 1. The zero-order valence-electron chi connectivity index (χ0n) is 23.1. The Balaban J connectivity index is 1.54. The minimum atomic E-state index is -1.57. The van der Waals surface area contributed by atoms with Crippen molar-refractivity contribution in [1.29, 1.82) is 0 Å². The molecule has 0 unspecified atom stereocenters. The van der Waals surface area contributed by atoms with Crippen molar-refractivity contribution in [2.45, 2.75) is 70.7 Å². The van der Waals surface area contributed by atoms with Gasteiger partial charge < -0.3 is 25.7 Å². The molecule has 0 aliphatic carbocycles. The lowest BCUT2D eigenvalue weighted by Gasteiger charge is -2.49. The highest BCUT2D eigenvalue weighted by Crippen LogP contribution is 2.40. The zero-order valence-corrected chi connectivity index (χ0v) is 24.7. The van der Waals surface area contributed by atoms with Gasteiger partial charge in [-0.25, -0.2) is 14.6 Å². The van der Waals surface area contributed by atoms with Crippen LogP contribution in [0.15, 0.2) is 21.8 Å². The molecule has 0 spiro atoms. The summed E-state index contributed by atoms with van der Waals surface area (Å²) in [5, 5.41) is 29.1. The molecule has 1 saturated heterocycles. The second-order valence-corrected chi connectivity index (χ2v) is 12.6. The maximum absolute atomic E-state index is 13.4. The highest BCUT2D eigenvalue weighted by atomic mass is 32.2. The van der Waals surface area contributed by atoms with Crippen molar-refractivity contribution in [1.82, 2.24) is 35.4 Å². The van der Waals surface area contributed by atoms with E-state index in [1.165, 1.54) is 35.8 Å². The fourth-order valence-electron chi connectivity index (χ4n) is 3.77. The molecule has 2 aromatic heterocycles. The van der Waals surface area contributed by atoms with Crippen LogP contribution >= 0.6 is 23.1 Å². The lowest BCUT2D eigenvalue weighted by atomic mass is 10.0. The Morgan fingerprint density at radius 1 is 1.27 bits per heavy atom. The first-order valence-electron chi connectivity index (χ1n) is 12.2. The van der Waals surface area contributed by atoms with Crippen molar-refractivity contribution in [3.05, 3.63) is 28.2 Å². The number of amides is 2. The number of aliphatic carboxylic acids is 1. The summed E-state index contributed by atoms with van der Waals surface area (Å²) < 4.78 is 5.36. The van der Waals surface area contributed by atoms with E-state index < -0.39 is 46.4 Å². The maximum atomic E-state index is 13.4. The molecule has 4 rings (SSSR count). The van der Waals surface area contributed by atoms with Gasteiger partial charge in [-0.05, 0) is 52.3 Å². The summed E-state index contributed by atoms with van der Waals surface area (Å²) in [4.78, 5) is 63.1. The number of carbonyl (C=O) groups is 4. The summed E-state index contributed by atoms with van der Waals surface area (Å²) >= 11 is 2.33. The van der Waals surface area contributed by atoms with Crippen LogP contribution in [-0.2, 0) is 35.3 Å².